The van der Waals surface area contributed by atoms with Crippen molar-refractivity contribution in [2.24, 2.45) is 0 Å². The smallest absolute Gasteiger partial charge is 0.154 e. The molecular formula is C14H21NO5S. The van der Waals surface area contributed by atoms with E-state index < -0.39 is 22.0 Å². The van der Waals surface area contributed by atoms with E-state index in [0.29, 0.717) is 11.5 Å². The molecule has 1 aliphatic heterocycles. The zero-order valence-corrected chi connectivity index (χ0v) is 13.2. The molecule has 1 heterocycles. The minimum Gasteiger partial charge on any atom is -0.497 e. The summed E-state index contributed by atoms with van der Waals surface area (Å²) < 4.78 is 33.6. The number of benzene rings is 1. The second-order valence-electron chi connectivity index (χ2n) is 5.25. The molecule has 118 valence electrons. The highest BCUT2D eigenvalue weighted by Crippen LogP contribution is 2.30. The highest BCUT2D eigenvalue weighted by Gasteiger charge is 2.37. The van der Waals surface area contributed by atoms with Gasteiger partial charge in [0.1, 0.15) is 11.5 Å². The van der Waals surface area contributed by atoms with Crippen LogP contribution in [0.25, 0.3) is 0 Å². The van der Waals surface area contributed by atoms with Crippen LogP contribution >= 0.6 is 0 Å². The molecule has 1 aliphatic rings. The van der Waals surface area contributed by atoms with Crippen molar-refractivity contribution in [3.63, 3.8) is 0 Å². The van der Waals surface area contributed by atoms with Gasteiger partial charge in [-0.15, -0.1) is 0 Å². The topological polar surface area (TPSA) is 84.9 Å². The van der Waals surface area contributed by atoms with E-state index in [1.807, 2.05) is 13.0 Å². The summed E-state index contributed by atoms with van der Waals surface area (Å²) in [6.07, 6.45) is -0.881. The molecule has 0 spiro atoms. The monoisotopic (exact) mass is 315 g/mol. The van der Waals surface area contributed by atoms with Crippen LogP contribution in [0.15, 0.2) is 18.2 Å². The molecule has 0 radical (unpaired) electrons. The van der Waals surface area contributed by atoms with E-state index in [1.165, 1.54) is 0 Å². The Kier molecular flexibility index (Phi) is 4.75. The lowest BCUT2D eigenvalue weighted by Crippen LogP contribution is -2.40. The van der Waals surface area contributed by atoms with Gasteiger partial charge in [0, 0.05) is 17.6 Å². The normalized spacial score (nSPS) is 25.5. The summed E-state index contributed by atoms with van der Waals surface area (Å²) in [6, 6.07) is 4.79. The Morgan fingerprint density at radius 1 is 1.29 bits per heavy atom. The maximum atomic E-state index is 11.5. The van der Waals surface area contributed by atoms with Crippen LogP contribution in [0.1, 0.15) is 18.5 Å². The van der Waals surface area contributed by atoms with Crippen molar-refractivity contribution in [2.75, 3.05) is 25.7 Å². The molecule has 0 amide bonds. The van der Waals surface area contributed by atoms with Crippen molar-refractivity contribution in [2.45, 2.75) is 25.1 Å². The number of hydrogen-bond acceptors (Lipinski definition) is 6. The number of methoxy groups -OCH3 is 2. The van der Waals surface area contributed by atoms with Crippen LogP contribution in [0, 0.1) is 0 Å². The Balaban J connectivity index is 2.18. The second-order valence-corrected chi connectivity index (χ2v) is 7.40. The Morgan fingerprint density at radius 2 is 2.00 bits per heavy atom. The number of aliphatic hydroxyl groups is 1. The molecule has 6 nitrogen and oxygen atoms in total. The Morgan fingerprint density at radius 3 is 2.52 bits per heavy atom. The first-order chi connectivity index (χ1) is 9.86. The first kappa shape index (κ1) is 16.1. The molecule has 1 aromatic rings. The summed E-state index contributed by atoms with van der Waals surface area (Å²) in [5.74, 6) is 1.14. The maximum Gasteiger partial charge on any atom is 0.154 e. The first-order valence-electron chi connectivity index (χ1n) is 6.72. The third kappa shape index (κ3) is 3.66. The average molecular weight is 315 g/mol. The van der Waals surface area contributed by atoms with Crippen LogP contribution in [0.2, 0.25) is 0 Å². The van der Waals surface area contributed by atoms with Crippen molar-refractivity contribution >= 4 is 9.84 Å². The predicted molar refractivity (Wildman–Crippen MR) is 79.5 cm³/mol. The van der Waals surface area contributed by atoms with Crippen LogP contribution in [0.3, 0.4) is 0 Å². The third-order valence-corrected chi connectivity index (χ3v) is 5.41. The molecule has 0 saturated carbocycles. The molecule has 7 heteroatoms. The minimum atomic E-state index is -3.17. The first-order valence-corrected chi connectivity index (χ1v) is 8.55. The zero-order chi connectivity index (χ0) is 15.6. The van der Waals surface area contributed by atoms with E-state index in [1.54, 1.807) is 26.4 Å². The molecule has 1 saturated heterocycles. The molecule has 2 rings (SSSR count). The fourth-order valence-electron chi connectivity index (χ4n) is 2.58. The molecule has 0 aromatic heterocycles. The molecule has 3 atom stereocenters. The lowest BCUT2D eigenvalue weighted by molar-refractivity contribution is 0.160. The average Bonchev–Trinajstić information content (AvgIpc) is 2.70. The molecule has 1 fully saturated rings. The van der Waals surface area contributed by atoms with E-state index >= 15 is 0 Å². The van der Waals surface area contributed by atoms with Crippen LogP contribution in [0.5, 0.6) is 11.5 Å². The van der Waals surface area contributed by atoms with Gasteiger partial charge in [0.05, 0.1) is 31.8 Å². The molecule has 1 aromatic carbocycles. The van der Waals surface area contributed by atoms with Gasteiger partial charge in [0.15, 0.2) is 9.84 Å². The number of aliphatic hydroxyl groups excluding tert-OH is 1. The van der Waals surface area contributed by atoms with E-state index in [-0.39, 0.29) is 17.5 Å². The molecule has 2 N–H and O–H groups in total. The quantitative estimate of drug-likeness (QED) is 0.824. The molecule has 21 heavy (non-hydrogen) atoms. The van der Waals surface area contributed by atoms with Gasteiger partial charge in [0.2, 0.25) is 0 Å². The number of hydrogen-bond donors (Lipinski definition) is 2. The summed E-state index contributed by atoms with van der Waals surface area (Å²) in [6.45, 7) is 1.90. The third-order valence-electron chi connectivity index (χ3n) is 3.69. The highest BCUT2D eigenvalue weighted by molar-refractivity contribution is 7.91. The molecule has 0 unspecified atom stereocenters. The summed E-state index contributed by atoms with van der Waals surface area (Å²) in [5.41, 5.74) is 0.855. The lowest BCUT2D eigenvalue weighted by Gasteiger charge is -2.23. The van der Waals surface area contributed by atoms with Gasteiger partial charge < -0.3 is 19.9 Å². The summed E-state index contributed by atoms with van der Waals surface area (Å²) in [5, 5.41) is 13.0. The van der Waals surface area contributed by atoms with Crippen LogP contribution in [-0.4, -0.2) is 51.4 Å². The van der Waals surface area contributed by atoms with Gasteiger partial charge in [-0.3, -0.25) is 0 Å². The molecule has 0 aliphatic carbocycles. The SMILES string of the molecule is COc1ccc(OC)c([C@H](C)N[C@@H]2CS(=O)(=O)C[C@@H]2O)c1. The molecule has 0 bridgehead atoms. The van der Waals surface area contributed by atoms with Gasteiger partial charge in [-0.05, 0) is 25.1 Å². The predicted octanol–water partition coefficient (Wildman–Crippen LogP) is 0.512. The van der Waals surface area contributed by atoms with Gasteiger partial charge in [-0.1, -0.05) is 0 Å². The van der Waals surface area contributed by atoms with Crippen LogP contribution in [-0.2, 0) is 9.84 Å². The highest BCUT2D eigenvalue weighted by atomic mass is 32.2. The van der Waals surface area contributed by atoms with E-state index in [9.17, 15) is 13.5 Å². The number of sulfone groups is 1. The van der Waals surface area contributed by atoms with Crippen LogP contribution < -0.4 is 14.8 Å². The van der Waals surface area contributed by atoms with Crippen LogP contribution in [0.4, 0.5) is 0 Å². The van der Waals surface area contributed by atoms with E-state index in [2.05, 4.69) is 5.32 Å². The summed E-state index contributed by atoms with van der Waals surface area (Å²) in [4.78, 5) is 0. The second kappa shape index (κ2) is 6.21. The van der Waals surface area contributed by atoms with Crippen molar-refractivity contribution in [1.82, 2.24) is 5.32 Å². The van der Waals surface area contributed by atoms with E-state index in [4.69, 9.17) is 9.47 Å². The summed E-state index contributed by atoms with van der Waals surface area (Å²) in [7, 11) is -0.0128. The zero-order valence-electron chi connectivity index (χ0n) is 12.4. The minimum absolute atomic E-state index is 0.0508. The van der Waals surface area contributed by atoms with Crippen molar-refractivity contribution in [3.05, 3.63) is 23.8 Å². The standard InChI is InChI=1S/C14H21NO5S/c1-9(15-12-7-21(17,18)8-13(12)16)11-6-10(19-2)4-5-14(11)20-3/h4-6,9,12-13,15-16H,7-8H2,1-3H3/t9-,12+,13-/m0/s1. The van der Waals surface area contributed by atoms with Gasteiger partial charge in [-0.25, -0.2) is 8.42 Å². The van der Waals surface area contributed by atoms with Crippen molar-refractivity contribution < 1.29 is 23.0 Å². The molecular weight excluding hydrogens is 294 g/mol. The lowest BCUT2D eigenvalue weighted by atomic mass is 10.0. The van der Waals surface area contributed by atoms with Crippen molar-refractivity contribution in [3.8, 4) is 11.5 Å². The largest absolute Gasteiger partial charge is 0.497 e. The van der Waals surface area contributed by atoms with E-state index in [0.717, 1.165) is 5.56 Å². The summed E-state index contributed by atoms with van der Waals surface area (Å²) >= 11 is 0. The van der Waals surface area contributed by atoms with Crippen molar-refractivity contribution in [1.29, 1.82) is 0 Å². The van der Waals surface area contributed by atoms with Gasteiger partial charge in [-0.2, -0.15) is 0 Å². The fraction of sp³-hybridized carbons (Fsp3) is 0.571. The fourth-order valence-corrected chi connectivity index (χ4v) is 4.33. The number of nitrogens with one attached hydrogen (secondary N) is 1. The number of ether oxygens (including phenoxy) is 2. The number of rotatable bonds is 5. The Labute approximate surface area is 125 Å². The maximum absolute atomic E-state index is 11.5. The van der Waals surface area contributed by atoms with Gasteiger partial charge in [0.25, 0.3) is 0 Å². The Bertz CT molecular complexity index is 601. The van der Waals surface area contributed by atoms with Gasteiger partial charge >= 0.3 is 0 Å². The Hall–Kier alpha value is -1.31.